The Bertz CT molecular complexity index is 513. The second-order valence-corrected chi connectivity index (χ2v) is 5.03. The van der Waals surface area contributed by atoms with Crippen molar-refractivity contribution in [3.05, 3.63) is 23.8 Å². The van der Waals surface area contributed by atoms with Gasteiger partial charge in [-0.2, -0.15) is 0 Å². The second-order valence-electron chi connectivity index (χ2n) is 5.03. The Hall–Kier alpha value is -2.18. The van der Waals surface area contributed by atoms with E-state index in [1.165, 1.54) is 7.11 Å². The van der Waals surface area contributed by atoms with Crippen molar-refractivity contribution in [3.8, 4) is 0 Å². The topological polar surface area (TPSA) is 84.4 Å². The number of piperidine rings is 1. The molecule has 0 aromatic carbocycles. The summed E-state index contributed by atoms with van der Waals surface area (Å²) in [6, 6.07) is -0.136. The number of hydrogen-bond acceptors (Lipinski definition) is 5. The van der Waals surface area contributed by atoms with Crippen LogP contribution >= 0.6 is 0 Å². The summed E-state index contributed by atoms with van der Waals surface area (Å²) >= 11 is 0. The van der Waals surface area contributed by atoms with E-state index in [0.29, 0.717) is 32.5 Å². The van der Waals surface area contributed by atoms with Gasteiger partial charge in [-0.15, -0.1) is 0 Å². The Kier molecular flexibility index (Phi) is 5.08. The minimum Gasteiger partial charge on any atom is -0.469 e. The Morgan fingerprint density at radius 1 is 1.33 bits per heavy atom. The third-order valence-electron chi connectivity index (χ3n) is 3.71. The normalized spacial score (nSPS) is 15.6. The largest absolute Gasteiger partial charge is 0.469 e. The molecule has 1 aromatic heterocycles. The van der Waals surface area contributed by atoms with Crippen LogP contribution in [0.4, 0.5) is 4.79 Å². The molecule has 0 saturated carbocycles. The van der Waals surface area contributed by atoms with E-state index in [0.717, 1.165) is 11.4 Å². The molecule has 114 valence electrons. The highest BCUT2D eigenvalue weighted by molar-refractivity contribution is 5.75. The number of likely N-dealkylation sites (tertiary alicyclic amines) is 1. The maximum absolute atomic E-state index is 12.1. The van der Waals surface area contributed by atoms with Gasteiger partial charge in [-0.1, -0.05) is 0 Å². The molecular formula is C14H20N4O3. The highest BCUT2D eigenvalue weighted by Crippen LogP contribution is 2.18. The van der Waals surface area contributed by atoms with Crippen LogP contribution < -0.4 is 5.32 Å². The first kappa shape index (κ1) is 15.2. The predicted molar refractivity (Wildman–Crippen MR) is 75.3 cm³/mol. The van der Waals surface area contributed by atoms with Gasteiger partial charge in [0.25, 0.3) is 0 Å². The van der Waals surface area contributed by atoms with E-state index in [1.54, 1.807) is 17.3 Å². The lowest BCUT2D eigenvalue weighted by Crippen LogP contribution is -2.45. The fourth-order valence-electron chi connectivity index (χ4n) is 2.37. The van der Waals surface area contributed by atoms with E-state index >= 15 is 0 Å². The van der Waals surface area contributed by atoms with Gasteiger partial charge in [0.05, 0.1) is 31.0 Å². The number of ether oxygens (including phenoxy) is 1. The van der Waals surface area contributed by atoms with E-state index in [1.807, 2.05) is 6.92 Å². The standard InChI is InChI=1S/C14H20N4O3/c1-10-12(16-6-5-15-10)9-17-14(20)18-7-3-11(4-8-18)13(19)21-2/h5-6,11H,3-4,7-9H2,1-2H3,(H,17,20). The van der Waals surface area contributed by atoms with Crippen molar-refractivity contribution in [1.82, 2.24) is 20.2 Å². The summed E-state index contributed by atoms with van der Waals surface area (Å²) in [6.45, 7) is 3.34. The van der Waals surface area contributed by atoms with Crippen LogP contribution in [0.1, 0.15) is 24.2 Å². The third kappa shape index (κ3) is 3.90. The first-order valence-corrected chi connectivity index (χ1v) is 6.99. The number of amides is 2. The fraction of sp³-hybridized carbons (Fsp3) is 0.571. The van der Waals surface area contributed by atoms with Crippen molar-refractivity contribution in [2.24, 2.45) is 5.92 Å². The summed E-state index contributed by atoms with van der Waals surface area (Å²) < 4.78 is 4.73. The van der Waals surface area contributed by atoms with Crippen LogP contribution in [0.5, 0.6) is 0 Å². The number of rotatable bonds is 3. The van der Waals surface area contributed by atoms with Crippen LogP contribution in [0.3, 0.4) is 0 Å². The molecule has 0 unspecified atom stereocenters. The number of methoxy groups -OCH3 is 1. The van der Waals surface area contributed by atoms with Crippen molar-refractivity contribution in [1.29, 1.82) is 0 Å². The summed E-state index contributed by atoms with van der Waals surface area (Å²) in [5, 5.41) is 2.84. The van der Waals surface area contributed by atoms with Gasteiger partial charge in [-0.3, -0.25) is 14.8 Å². The van der Waals surface area contributed by atoms with E-state index < -0.39 is 0 Å². The number of nitrogens with one attached hydrogen (secondary N) is 1. The molecule has 21 heavy (non-hydrogen) atoms. The lowest BCUT2D eigenvalue weighted by atomic mass is 9.97. The molecule has 1 aliphatic rings. The fourth-order valence-corrected chi connectivity index (χ4v) is 2.37. The van der Waals surface area contributed by atoms with Gasteiger partial charge >= 0.3 is 12.0 Å². The lowest BCUT2D eigenvalue weighted by molar-refractivity contribution is -0.146. The van der Waals surface area contributed by atoms with Crippen LogP contribution in [0.2, 0.25) is 0 Å². The Morgan fingerprint density at radius 3 is 2.62 bits per heavy atom. The minimum absolute atomic E-state index is 0.0960. The molecule has 1 N–H and O–H groups in total. The highest BCUT2D eigenvalue weighted by Gasteiger charge is 2.27. The molecule has 7 nitrogen and oxygen atoms in total. The molecular weight excluding hydrogens is 272 g/mol. The third-order valence-corrected chi connectivity index (χ3v) is 3.71. The number of carbonyl (C=O) groups is 2. The van der Waals surface area contributed by atoms with Crippen molar-refractivity contribution in [2.75, 3.05) is 20.2 Å². The Balaban J connectivity index is 1.80. The number of aryl methyl sites for hydroxylation is 1. The van der Waals surface area contributed by atoms with Gasteiger partial charge in [0.1, 0.15) is 0 Å². The summed E-state index contributed by atoms with van der Waals surface area (Å²) in [5.74, 6) is -0.286. The van der Waals surface area contributed by atoms with Gasteiger partial charge < -0.3 is 15.0 Å². The van der Waals surface area contributed by atoms with Gasteiger partial charge in [-0.25, -0.2) is 4.79 Å². The van der Waals surface area contributed by atoms with Crippen LogP contribution in [0, 0.1) is 12.8 Å². The number of urea groups is 1. The smallest absolute Gasteiger partial charge is 0.317 e. The molecule has 0 aliphatic carbocycles. The van der Waals surface area contributed by atoms with Crippen molar-refractivity contribution in [3.63, 3.8) is 0 Å². The SMILES string of the molecule is COC(=O)C1CCN(C(=O)NCc2nccnc2C)CC1. The lowest BCUT2D eigenvalue weighted by Gasteiger charge is -2.30. The molecule has 0 radical (unpaired) electrons. The molecule has 2 heterocycles. The van der Waals surface area contributed by atoms with Gasteiger partial charge in [-0.05, 0) is 19.8 Å². The van der Waals surface area contributed by atoms with Gasteiger partial charge in [0, 0.05) is 25.5 Å². The number of carbonyl (C=O) groups excluding carboxylic acids is 2. The summed E-state index contributed by atoms with van der Waals surface area (Å²) in [4.78, 5) is 33.5. The molecule has 1 fully saturated rings. The maximum atomic E-state index is 12.1. The zero-order chi connectivity index (χ0) is 15.2. The van der Waals surface area contributed by atoms with Crippen molar-refractivity contribution < 1.29 is 14.3 Å². The zero-order valence-electron chi connectivity index (χ0n) is 12.3. The van der Waals surface area contributed by atoms with Crippen LogP contribution in [-0.2, 0) is 16.1 Å². The molecule has 0 atom stereocenters. The molecule has 1 aromatic rings. The minimum atomic E-state index is -0.190. The summed E-state index contributed by atoms with van der Waals surface area (Å²) in [7, 11) is 1.39. The van der Waals surface area contributed by atoms with Crippen LogP contribution in [0.25, 0.3) is 0 Å². The second kappa shape index (κ2) is 7.01. The quantitative estimate of drug-likeness (QED) is 0.836. The zero-order valence-corrected chi connectivity index (χ0v) is 12.3. The Labute approximate surface area is 123 Å². The maximum Gasteiger partial charge on any atom is 0.317 e. The van der Waals surface area contributed by atoms with Crippen LogP contribution in [0.15, 0.2) is 12.4 Å². The summed E-state index contributed by atoms with van der Waals surface area (Å²) in [5.41, 5.74) is 1.57. The molecule has 0 bridgehead atoms. The van der Waals surface area contributed by atoms with E-state index in [4.69, 9.17) is 4.74 Å². The molecule has 1 saturated heterocycles. The molecule has 7 heteroatoms. The predicted octanol–water partition coefficient (Wildman–Crippen LogP) is 0.880. The average Bonchev–Trinajstić information content (AvgIpc) is 2.53. The first-order valence-electron chi connectivity index (χ1n) is 6.99. The van der Waals surface area contributed by atoms with Crippen LogP contribution in [-0.4, -0.2) is 47.1 Å². The number of nitrogens with zero attached hydrogens (tertiary/aromatic N) is 3. The van der Waals surface area contributed by atoms with E-state index in [9.17, 15) is 9.59 Å². The molecule has 2 rings (SSSR count). The first-order chi connectivity index (χ1) is 10.1. The van der Waals surface area contributed by atoms with Gasteiger partial charge in [0.2, 0.25) is 0 Å². The molecule has 2 amide bonds. The molecule has 0 spiro atoms. The van der Waals surface area contributed by atoms with Gasteiger partial charge in [0.15, 0.2) is 0 Å². The Morgan fingerprint density at radius 2 is 2.00 bits per heavy atom. The van der Waals surface area contributed by atoms with E-state index in [-0.39, 0.29) is 17.9 Å². The summed E-state index contributed by atoms with van der Waals surface area (Å²) in [6.07, 6.45) is 4.52. The molecule has 1 aliphatic heterocycles. The highest BCUT2D eigenvalue weighted by atomic mass is 16.5. The van der Waals surface area contributed by atoms with Crippen molar-refractivity contribution >= 4 is 12.0 Å². The number of esters is 1. The monoisotopic (exact) mass is 292 g/mol. The van der Waals surface area contributed by atoms with E-state index in [2.05, 4.69) is 15.3 Å². The number of hydrogen-bond donors (Lipinski definition) is 1. The number of aromatic nitrogens is 2. The average molecular weight is 292 g/mol. The van der Waals surface area contributed by atoms with Crippen molar-refractivity contribution in [2.45, 2.75) is 26.3 Å².